The summed E-state index contributed by atoms with van der Waals surface area (Å²) in [6, 6.07) is 0.504. The van der Waals surface area contributed by atoms with Gasteiger partial charge in [-0.25, -0.2) is 0 Å². The van der Waals surface area contributed by atoms with E-state index in [1.54, 1.807) is 6.92 Å². The monoisotopic (exact) mass is 184 g/mol. The van der Waals surface area contributed by atoms with Crippen LogP contribution < -0.4 is 5.73 Å². The van der Waals surface area contributed by atoms with Crippen LogP contribution >= 0.6 is 0 Å². The molecule has 0 saturated heterocycles. The lowest BCUT2D eigenvalue weighted by Crippen LogP contribution is -2.38. The van der Waals surface area contributed by atoms with Crippen molar-refractivity contribution in [3.8, 4) is 0 Å². The average molecular weight is 184 g/mol. The van der Waals surface area contributed by atoms with Crippen molar-refractivity contribution in [1.82, 2.24) is 4.90 Å². The summed E-state index contributed by atoms with van der Waals surface area (Å²) in [7, 11) is 0. The largest absolute Gasteiger partial charge is 0.340 e. The third kappa shape index (κ3) is 2.99. The SMILES string of the molecule is CC(=O)N(CCCN)C1CCCC1. The second-order valence-electron chi connectivity index (χ2n) is 3.79. The molecule has 1 rings (SSSR count). The summed E-state index contributed by atoms with van der Waals surface area (Å²) < 4.78 is 0. The number of hydrogen-bond donors (Lipinski definition) is 1. The third-order valence-corrected chi connectivity index (χ3v) is 2.77. The van der Waals surface area contributed by atoms with Gasteiger partial charge in [0.15, 0.2) is 0 Å². The molecule has 0 unspecified atom stereocenters. The smallest absolute Gasteiger partial charge is 0.219 e. The van der Waals surface area contributed by atoms with Gasteiger partial charge >= 0.3 is 0 Å². The maximum Gasteiger partial charge on any atom is 0.219 e. The van der Waals surface area contributed by atoms with Crippen LogP contribution in [0.4, 0.5) is 0 Å². The molecule has 0 heterocycles. The van der Waals surface area contributed by atoms with Crippen molar-refractivity contribution in [3.05, 3.63) is 0 Å². The molecule has 3 nitrogen and oxygen atoms in total. The Balaban J connectivity index is 2.40. The maximum absolute atomic E-state index is 11.3. The van der Waals surface area contributed by atoms with Gasteiger partial charge in [-0.1, -0.05) is 12.8 Å². The molecule has 0 bridgehead atoms. The predicted molar refractivity (Wildman–Crippen MR) is 53.3 cm³/mol. The second kappa shape index (κ2) is 5.22. The summed E-state index contributed by atoms with van der Waals surface area (Å²) in [6.07, 6.45) is 5.85. The van der Waals surface area contributed by atoms with Crippen LogP contribution in [0.5, 0.6) is 0 Å². The molecule has 3 heteroatoms. The van der Waals surface area contributed by atoms with Gasteiger partial charge in [-0.2, -0.15) is 0 Å². The highest BCUT2D eigenvalue weighted by Crippen LogP contribution is 2.23. The van der Waals surface area contributed by atoms with Gasteiger partial charge in [0.05, 0.1) is 0 Å². The van der Waals surface area contributed by atoms with E-state index in [9.17, 15) is 4.79 Å². The summed E-state index contributed by atoms with van der Waals surface area (Å²) >= 11 is 0. The molecular formula is C10H20N2O. The first-order valence-electron chi connectivity index (χ1n) is 5.23. The minimum absolute atomic E-state index is 0.209. The topological polar surface area (TPSA) is 46.3 Å². The van der Waals surface area contributed by atoms with Crippen LogP contribution in [-0.2, 0) is 4.79 Å². The van der Waals surface area contributed by atoms with Crippen LogP contribution in [-0.4, -0.2) is 29.9 Å². The number of nitrogens with zero attached hydrogens (tertiary/aromatic N) is 1. The molecule has 2 N–H and O–H groups in total. The third-order valence-electron chi connectivity index (χ3n) is 2.77. The molecule has 13 heavy (non-hydrogen) atoms. The summed E-state index contributed by atoms with van der Waals surface area (Å²) in [4.78, 5) is 13.3. The maximum atomic E-state index is 11.3. The van der Waals surface area contributed by atoms with Crippen molar-refractivity contribution < 1.29 is 4.79 Å². The second-order valence-corrected chi connectivity index (χ2v) is 3.79. The highest BCUT2D eigenvalue weighted by atomic mass is 16.2. The van der Waals surface area contributed by atoms with E-state index in [0.717, 1.165) is 13.0 Å². The van der Waals surface area contributed by atoms with Gasteiger partial charge in [0.25, 0.3) is 0 Å². The Labute approximate surface area is 80.3 Å². The normalized spacial score (nSPS) is 17.7. The molecule has 0 spiro atoms. The summed E-state index contributed by atoms with van der Waals surface area (Å²) in [5, 5.41) is 0. The van der Waals surface area contributed by atoms with E-state index in [0.29, 0.717) is 12.6 Å². The standard InChI is InChI=1S/C10H20N2O/c1-9(13)12(8-4-7-11)10-5-2-3-6-10/h10H,2-8,11H2,1H3. The molecule has 0 aromatic heterocycles. The molecule has 0 aromatic rings. The fourth-order valence-corrected chi connectivity index (χ4v) is 2.07. The van der Waals surface area contributed by atoms with E-state index in [-0.39, 0.29) is 5.91 Å². The number of carbonyl (C=O) groups is 1. The first-order valence-corrected chi connectivity index (χ1v) is 5.23. The average Bonchev–Trinajstić information content (AvgIpc) is 2.57. The van der Waals surface area contributed by atoms with Crippen molar-refractivity contribution in [2.45, 2.75) is 45.1 Å². The van der Waals surface area contributed by atoms with Gasteiger partial charge in [0, 0.05) is 19.5 Å². The van der Waals surface area contributed by atoms with Crippen LogP contribution in [0.1, 0.15) is 39.0 Å². The summed E-state index contributed by atoms with van der Waals surface area (Å²) in [6.45, 7) is 3.18. The number of amides is 1. The Morgan fingerprint density at radius 1 is 1.46 bits per heavy atom. The fourth-order valence-electron chi connectivity index (χ4n) is 2.07. The number of hydrogen-bond acceptors (Lipinski definition) is 2. The number of nitrogens with two attached hydrogens (primary N) is 1. The summed E-state index contributed by atoms with van der Waals surface area (Å²) in [5.74, 6) is 0.209. The molecule has 1 fully saturated rings. The molecule has 1 aliphatic carbocycles. The van der Waals surface area contributed by atoms with Crippen molar-refractivity contribution in [2.75, 3.05) is 13.1 Å². The van der Waals surface area contributed by atoms with Crippen molar-refractivity contribution in [1.29, 1.82) is 0 Å². The fraction of sp³-hybridized carbons (Fsp3) is 0.900. The van der Waals surface area contributed by atoms with Gasteiger partial charge < -0.3 is 10.6 Å². The zero-order valence-corrected chi connectivity index (χ0v) is 8.46. The quantitative estimate of drug-likeness (QED) is 0.712. The first kappa shape index (κ1) is 10.5. The summed E-state index contributed by atoms with van der Waals surface area (Å²) in [5.41, 5.74) is 5.44. The molecule has 76 valence electrons. The van der Waals surface area contributed by atoms with Gasteiger partial charge in [0.1, 0.15) is 0 Å². The zero-order valence-electron chi connectivity index (χ0n) is 8.46. The van der Waals surface area contributed by atoms with E-state index in [1.165, 1.54) is 25.7 Å². The number of rotatable bonds is 4. The van der Waals surface area contributed by atoms with Crippen LogP contribution in [0.25, 0.3) is 0 Å². The minimum atomic E-state index is 0.209. The van der Waals surface area contributed by atoms with Crippen molar-refractivity contribution in [3.63, 3.8) is 0 Å². The van der Waals surface area contributed by atoms with Gasteiger partial charge in [0.2, 0.25) is 5.91 Å². The molecule has 0 aliphatic heterocycles. The van der Waals surface area contributed by atoms with Crippen LogP contribution in [0, 0.1) is 0 Å². The first-order chi connectivity index (χ1) is 6.25. The minimum Gasteiger partial charge on any atom is -0.340 e. The number of carbonyl (C=O) groups excluding carboxylic acids is 1. The zero-order chi connectivity index (χ0) is 9.68. The molecular weight excluding hydrogens is 164 g/mol. The van der Waals surface area contributed by atoms with Gasteiger partial charge in [-0.05, 0) is 25.8 Å². The van der Waals surface area contributed by atoms with Gasteiger partial charge in [-0.15, -0.1) is 0 Å². The van der Waals surface area contributed by atoms with Crippen LogP contribution in [0.2, 0.25) is 0 Å². The molecule has 1 aliphatic rings. The van der Waals surface area contributed by atoms with E-state index in [4.69, 9.17) is 5.73 Å². The van der Waals surface area contributed by atoms with E-state index in [2.05, 4.69) is 0 Å². The molecule has 1 saturated carbocycles. The van der Waals surface area contributed by atoms with Crippen molar-refractivity contribution >= 4 is 5.91 Å². The lowest BCUT2D eigenvalue weighted by Gasteiger charge is -2.27. The molecule has 0 aromatic carbocycles. The highest BCUT2D eigenvalue weighted by Gasteiger charge is 2.23. The Bertz CT molecular complexity index is 164. The predicted octanol–water partition coefficient (Wildman–Crippen LogP) is 1.13. The Kier molecular flexibility index (Phi) is 4.22. The lowest BCUT2D eigenvalue weighted by molar-refractivity contribution is -0.131. The molecule has 0 atom stereocenters. The Morgan fingerprint density at radius 3 is 2.54 bits per heavy atom. The lowest BCUT2D eigenvalue weighted by atomic mass is 10.2. The Hall–Kier alpha value is -0.570. The van der Waals surface area contributed by atoms with E-state index in [1.807, 2.05) is 4.90 Å². The van der Waals surface area contributed by atoms with E-state index >= 15 is 0 Å². The van der Waals surface area contributed by atoms with Crippen LogP contribution in [0.3, 0.4) is 0 Å². The van der Waals surface area contributed by atoms with Gasteiger partial charge in [-0.3, -0.25) is 4.79 Å². The highest BCUT2D eigenvalue weighted by molar-refractivity contribution is 5.73. The van der Waals surface area contributed by atoms with Crippen LogP contribution in [0.15, 0.2) is 0 Å². The Morgan fingerprint density at radius 2 is 2.08 bits per heavy atom. The van der Waals surface area contributed by atoms with E-state index < -0.39 is 0 Å². The van der Waals surface area contributed by atoms with Crippen molar-refractivity contribution in [2.24, 2.45) is 5.73 Å². The molecule has 1 amide bonds. The molecule has 0 radical (unpaired) electrons.